The number of aryl methyl sites for hydroxylation is 1. The second-order valence-corrected chi connectivity index (χ2v) is 4.24. The molecular weight excluding hydrogens is 300 g/mol. The zero-order valence-electron chi connectivity index (χ0n) is 10.6. The Balaban J connectivity index is 2.40. The molecule has 2 heterocycles. The third kappa shape index (κ3) is 2.80. The Labute approximate surface area is 122 Å². The molecule has 0 fully saturated rings. The Bertz CT molecular complexity index is 779. The van der Waals surface area contributed by atoms with Gasteiger partial charge in [0.05, 0.1) is 4.92 Å². The normalized spacial score (nSPS) is 9.95. The molecule has 0 unspecified atom stereocenters. The standard InChI is InChI=1S/C11H7ClN6O3/c1-17-5-6(4-13)10(16-17)15-11(19)7-2-3-14-9(12)8(7)18(20)21/h2-3,5H,1H3,(H,15,16,19). The molecule has 0 aliphatic rings. The highest BCUT2D eigenvalue weighted by Crippen LogP contribution is 2.26. The average molecular weight is 307 g/mol. The minimum Gasteiger partial charge on any atom is -0.304 e. The molecule has 0 atom stereocenters. The van der Waals surface area contributed by atoms with Crippen LogP contribution < -0.4 is 5.32 Å². The summed E-state index contributed by atoms with van der Waals surface area (Å²) in [7, 11) is 1.57. The van der Waals surface area contributed by atoms with Crippen LogP contribution in [0.4, 0.5) is 11.5 Å². The highest BCUT2D eigenvalue weighted by Gasteiger charge is 2.25. The summed E-state index contributed by atoms with van der Waals surface area (Å²) in [5.74, 6) is -0.798. The van der Waals surface area contributed by atoms with Crippen LogP contribution in [0, 0.1) is 21.4 Å². The topological polar surface area (TPSA) is 127 Å². The number of anilines is 1. The second kappa shape index (κ2) is 5.56. The maximum Gasteiger partial charge on any atom is 0.319 e. The van der Waals surface area contributed by atoms with Crippen molar-refractivity contribution in [3.8, 4) is 6.07 Å². The maximum atomic E-state index is 12.1. The van der Waals surface area contributed by atoms with Crippen molar-refractivity contribution in [1.29, 1.82) is 5.26 Å². The number of rotatable bonds is 3. The first-order valence-electron chi connectivity index (χ1n) is 5.48. The van der Waals surface area contributed by atoms with E-state index in [1.54, 1.807) is 7.05 Å². The number of hydrogen-bond donors (Lipinski definition) is 1. The van der Waals surface area contributed by atoms with Gasteiger partial charge >= 0.3 is 5.69 Å². The Kier molecular flexibility index (Phi) is 3.82. The monoisotopic (exact) mass is 306 g/mol. The molecule has 2 aromatic rings. The fourth-order valence-corrected chi connectivity index (χ4v) is 1.85. The summed E-state index contributed by atoms with van der Waals surface area (Å²) in [6.45, 7) is 0. The highest BCUT2D eigenvalue weighted by atomic mass is 35.5. The van der Waals surface area contributed by atoms with Crippen molar-refractivity contribution < 1.29 is 9.72 Å². The summed E-state index contributed by atoms with van der Waals surface area (Å²) in [5.41, 5.74) is -0.741. The van der Waals surface area contributed by atoms with E-state index in [9.17, 15) is 14.9 Å². The van der Waals surface area contributed by atoms with E-state index in [1.807, 2.05) is 6.07 Å². The van der Waals surface area contributed by atoms with Gasteiger partial charge in [-0.1, -0.05) is 11.6 Å². The molecule has 1 N–H and O–H groups in total. The van der Waals surface area contributed by atoms with Gasteiger partial charge in [-0.15, -0.1) is 0 Å². The van der Waals surface area contributed by atoms with Gasteiger partial charge in [-0.25, -0.2) is 4.98 Å². The molecule has 106 valence electrons. The maximum absolute atomic E-state index is 12.1. The lowest BCUT2D eigenvalue weighted by atomic mass is 10.2. The van der Waals surface area contributed by atoms with Crippen molar-refractivity contribution in [2.75, 3.05) is 5.32 Å². The van der Waals surface area contributed by atoms with Crippen LogP contribution in [0.25, 0.3) is 0 Å². The molecule has 1 amide bonds. The summed E-state index contributed by atoms with van der Waals surface area (Å²) in [6.07, 6.45) is 2.58. The fraction of sp³-hybridized carbons (Fsp3) is 0.0909. The van der Waals surface area contributed by atoms with E-state index in [1.165, 1.54) is 17.1 Å². The lowest BCUT2D eigenvalue weighted by molar-refractivity contribution is -0.385. The van der Waals surface area contributed by atoms with Crippen LogP contribution in [-0.2, 0) is 7.05 Å². The minimum absolute atomic E-state index is 0.00670. The number of carbonyl (C=O) groups is 1. The summed E-state index contributed by atoms with van der Waals surface area (Å²) in [4.78, 5) is 25.8. The number of halogens is 1. The van der Waals surface area contributed by atoms with Crippen molar-refractivity contribution in [3.63, 3.8) is 0 Å². The number of carbonyl (C=O) groups excluding carboxylic acids is 1. The summed E-state index contributed by atoms with van der Waals surface area (Å²) >= 11 is 5.63. The minimum atomic E-state index is -0.804. The third-order valence-electron chi connectivity index (χ3n) is 2.49. The summed E-state index contributed by atoms with van der Waals surface area (Å²) in [6, 6.07) is 3.01. The van der Waals surface area contributed by atoms with Crippen molar-refractivity contribution >= 4 is 29.0 Å². The van der Waals surface area contributed by atoms with Crippen molar-refractivity contribution in [1.82, 2.24) is 14.8 Å². The van der Waals surface area contributed by atoms with Gasteiger partial charge in [0.2, 0.25) is 5.15 Å². The van der Waals surface area contributed by atoms with E-state index >= 15 is 0 Å². The summed E-state index contributed by atoms with van der Waals surface area (Å²) < 4.78 is 1.34. The number of amides is 1. The van der Waals surface area contributed by atoms with Crippen LogP contribution in [0.1, 0.15) is 15.9 Å². The van der Waals surface area contributed by atoms with Gasteiger partial charge in [0, 0.05) is 19.4 Å². The Morgan fingerprint density at radius 3 is 2.95 bits per heavy atom. The number of hydrogen-bond acceptors (Lipinski definition) is 6. The predicted molar refractivity (Wildman–Crippen MR) is 71.8 cm³/mol. The van der Waals surface area contributed by atoms with Gasteiger partial charge in [-0.3, -0.25) is 19.6 Å². The first-order valence-corrected chi connectivity index (χ1v) is 5.85. The van der Waals surface area contributed by atoms with Gasteiger partial charge in [0.1, 0.15) is 17.2 Å². The van der Waals surface area contributed by atoms with E-state index in [0.29, 0.717) is 0 Å². The largest absolute Gasteiger partial charge is 0.319 e. The van der Waals surface area contributed by atoms with E-state index in [2.05, 4.69) is 15.4 Å². The van der Waals surface area contributed by atoms with Gasteiger partial charge < -0.3 is 5.32 Å². The molecule has 2 rings (SSSR count). The molecule has 21 heavy (non-hydrogen) atoms. The van der Waals surface area contributed by atoms with Crippen LogP contribution in [0.15, 0.2) is 18.5 Å². The zero-order chi connectivity index (χ0) is 15.6. The molecule has 0 aliphatic carbocycles. The van der Waals surface area contributed by atoms with Crippen LogP contribution in [0.5, 0.6) is 0 Å². The number of nitriles is 1. The van der Waals surface area contributed by atoms with Gasteiger partial charge in [-0.2, -0.15) is 10.4 Å². The molecule has 2 aromatic heterocycles. The molecule has 0 saturated heterocycles. The zero-order valence-corrected chi connectivity index (χ0v) is 11.3. The third-order valence-corrected chi connectivity index (χ3v) is 2.76. The number of nitro groups is 1. The number of nitrogens with zero attached hydrogens (tertiary/aromatic N) is 5. The Hall–Kier alpha value is -2.99. The molecule has 0 aromatic carbocycles. The molecule has 0 aliphatic heterocycles. The van der Waals surface area contributed by atoms with Crippen molar-refractivity contribution in [2.24, 2.45) is 7.05 Å². The number of aromatic nitrogens is 3. The molecule has 9 nitrogen and oxygen atoms in total. The first kappa shape index (κ1) is 14.4. The molecule has 0 saturated carbocycles. The molecule has 0 spiro atoms. The fourth-order valence-electron chi connectivity index (χ4n) is 1.62. The molecule has 0 radical (unpaired) electrons. The van der Waals surface area contributed by atoms with Gasteiger partial charge in [0.15, 0.2) is 5.82 Å². The first-order chi connectivity index (χ1) is 9.93. The Morgan fingerprint density at radius 1 is 1.62 bits per heavy atom. The number of nitrogens with one attached hydrogen (secondary N) is 1. The second-order valence-electron chi connectivity index (χ2n) is 3.89. The van der Waals surface area contributed by atoms with E-state index in [0.717, 1.165) is 6.07 Å². The van der Waals surface area contributed by atoms with Crippen LogP contribution in [0.3, 0.4) is 0 Å². The Morgan fingerprint density at radius 2 is 2.33 bits per heavy atom. The lowest BCUT2D eigenvalue weighted by Gasteiger charge is -2.04. The molecule has 10 heteroatoms. The SMILES string of the molecule is Cn1cc(C#N)c(NC(=O)c2ccnc(Cl)c2[N+](=O)[O-])n1. The predicted octanol–water partition coefficient (Wildman–Crippen LogP) is 1.50. The lowest BCUT2D eigenvalue weighted by Crippen LogP contribution is -2.15. The number of pyridine rings is 1. The molecular formula is C11H7ClN6O3. The van der Waals surface area contributed by atoms with Crippen molar-refractivity contribution in [2.45, 2.75) is 0 Å². The van der Waals surface area contributed by atoms with Crippen molar-refractivity contribution in [3.05, 3.63) is 44.9 Å². The van der Waals surface area contributed by atoms with Crippen LogP contribution in [0.2, 0.25) is 5.15 Å². The molecule has 0 bridgehead atoms. The van der Waals surface area contributed by atoms with Crippen LogP contribution >= 0.6 is 11.6 Å². The van der Waals surface area contributed by atoms with E-state index < -0.39 is 21.7 Å². The van der Waals surface area contributed by atoms with Crippen LogP contribution in [-0.4, -0.2) is 25.6 Å². The smallest absolute Gasteiger partial charge is 0.304 e. The highest BCUT2D eigenvalue weighted by molar-refractivity contribution is 6.32. The quantitative estimate of drug-likeness (QED) is 0.520. The van der Waals surface area contributed by atoms with Gasteiger partial charge in [0.25, 0.3) is 5.91 Å². The van der Waals surface area contributed by atoms with E-state index in [-0.39, 0.29) is 16.9 Å². The van der Waals surface area contributed by atoms with E-state index in [4.69, 9.17) is 16.9 Å². The van der Waals surface area contributed by atoms with Gasteiger partial charge in [-0.05, 0) is 6.07 Å². The summed E-state index contributed by atoms with van der Waals surface area (Å²) in [5, 5.41) is 25.7. The average Bonchev–Trinajstić information content (AvgIpc) is 2.77.